The summed E-state index contributed by atoms with van der Waals surface area (Å²) in [5.74, 6) is 1.39. The van der Waals surface area contributed by atoms with Crippen LogP contribution in [0, 0.1) is 6.92 Å². The van der Waals surface area contributed by atoms with Gasteiger partial charge in [0.1, 0.15) is 16.7 Å². The highest BCUT2D eigenvalue weighted by Gasteiger charge is 2.13. The Hall–Kier alpha value is -2.65. The molecule has 8 nitrogen and oxygen atoms in total. The Balaban J connectivity index is 1.71. The van der Waals surface area contributed by atoms with E-state index in [-0.39, 0.29) is 17.5 Å². The van der Waals surface area contributed by atoms with Crippen LogP contribution in [0.25, 0.3) is 0 Å². The number of rotatable bonds is 9. The summed E-state index contributed by atoms with van der Waals surface area (Å²) >= 11 is 0. The SMILES string of the molecule is CN=C(NCCNS(=O)(=O)c1cccnc1)NCC(C)Oc1cccc(C)c1. The Bertz CT molecular complexity index is 872. The Kier molecular flexibility index (Phi) is 8.21. The van der Waals surface area contributed by atoms with E-state index in [9.17, 15) is 8.42 Å². The van der Waals surface area contributed by atoms with Crippen LogP contribution in [0.2, 0.25) is 0 Å². The normalized spacial score (nSPS) is 13.0. The number of ether oxygens (including phenoxy) is 1. The van der Waals surface area contributed by atoms with Gasteiger partial charge in [-0.25, -0.2) is 13.1 Å². The van der Waals surface area contributed by atoms with E-state index in [1.54, 1.807) is 13.1 Å². The van der Waals surface area contributed by atoms with Crippen molar-refractivity contribution in [1.82, 2.24) is 20.3 Å². The molecule has 0 saturated heterocycles. The minimum Gasteiger partial charge on any atom is -0.489 e. The molecule has 0 saturated carbocycles. The number of sulfonamides is 1. The van der Waals surface area contributed by atoms with Gasteiger partial charge in [-0.15, -0.1) is 0 Å². The lowest BCUT2D eigenvalue weighted by Gasteiger charge is -2.18. The number of nitrogens with one attached hydrogen (secondary N) is 3. The molecule has 1 heterocycles. The van der Waals surface area contributed by atoms with E-state index < -0.39 is 10.0 Å². The first-order valence-corrected chi connectivity index (χ1v) is 10.5. The van der Waals surface area contributed by atoms with E-state index in [2.05, 4.69) is 25.3 Å². The average molecular weight is 406 g/mol. The molecule has 3 N–H and O–H groups in total. The van der Waals surface area contributed by atoms with Crippen molar-refractivity contribution in [3.63, 3.8) is 0 Å². The summed E-state index contributed by atoms with van der Waals surface area (Å²) in [6.45, 7) is 5.13. The van der Waals surface area contributed by atoms with Gasteiger partial charge in [-0.3, -0.25) is 9.98 Å². The Morgan fingerprint density at radius 3 is 2.71 bits per heavy atom. The zero-order chi connectivity index (χ0) is 20.4. The highest BCUT2D eigenvalue weighted by molar-refractivity contribution is 7.89. The van der Waals surface area contributed by atoms with Gasteiger partial charge in [-0.1, -0.05) is 12.1 Å². The first-order valence-electron chi connectivity index (χ1n) is 8.98. The lowest BCUT2D eigenvalue weighted by molar-refractivity contribution is 0.223. The van der Waals surface area contributed by atoms with Gasteiger partial charge in [0.25, 0.3) is 0 Å². The van der Waals surface area contributed by atoms with Crippen molar-refractivity contribution < 1.29 is 13.2 Å². The molecule has 0 aliphatic carbocycles. The van der Waals surface area contributed by atoms with Crippen LogP contribution in [-0.4, -0.2) is 52.1 Å². The van der Waals surface area contributed by atoms with Gasteiger partial charge < -0.3 is 15.4 Å². The molecule has 28 heavy (non-hydrogen) atoms. The highest BCUT2D eigenvalue weighted by Crippen LogP contribution is 2.13. The van der Waals surface area contributed by atoms with Gasteiger partial charge in [-0.2, -0.15) is 0 Å². The van der Waals surface area contributed by atoms with E-state index in [1.165, 1.54) is 18.5 Å². The molecule has 2 rings (SSSR count). The molecule has 152 valence electrons. The van der Waals surface area contributed by atoms with Crippen LogP contribution in [0.5, 0.6) is 5.75 Å². The fraction of sp³-hybridized carbons (Fsp3) is 0.368. The summed E-state index contributed by atoms with van der Waals surface area (Å²) in [6, 6.07) is 11.0. The van der Waals surface area contributed by atoms with Crippen LogP contribution in [0.3, 0.4) is 0 Å². The van der Waals surface area contributed by atoms with Crippen molar-refractivity contribution in [2.45, 2.75) is 24.8 Å². The molecule has 1 atom stereocenters. The Labute approximate surface area is 166 Å². The largest absolute Gasteiger partial charge is 0.489 e. The molecule has 1 unspecified atom stereocenters. The molecule has 1 aromatic heterocycles. The van der Waals surface area contributed by atoms with Crippen molar-refractivity contribution in [3.8, 4) is 5.75 Å². The zero-order valence-corrected chi connectivity index (χ0v) is 17.2. The minimum absolute atomic E-state index is 0.0653. The van der Waals surface area contributed by atoms with Crippen molar-refractivity contribution in [2.75, 3.05) is 26.7 Å². The van der Waals surface area contributed by atoms with E-state index >= 15 is 0 Å². The molecule has 1 aromatic carbocycles. The fourth-order valence-electron chi connectivity index (χ4n) is 2.38. The third-order valence-corrected chi connectivity index (χ3v) is 5.21. The van der Waals surface area contributed by atoms with Crippen LogP contribution < -0.4 is 20.1 Å². The Morgan fingerprint density at radius 2 is 2.04 bits per heavy atom. The van der Waals surface area contributed by atoms with E-state index in [0.29, 0.717) is 19.0 Å². The van der Waals surface area contributed by atoms with Crippen LogP contribution in [0.15, 0.2) is 58.7 Å². The number of hydrogen-bond acceptors (Lipinski definition) is 5. The van der Waals surface area contributed by atoms with E-state index in [4.69, 9.17) is 4.74 Å². The molecule has 0 aliphatic heterocycles. The number of guanidine groups is 1. The van der Waals surface area contributed by atoms with Crippen molar-refractivity contribution in [1.29, 1.82) is 0 Å². The van der Waals surface area contributed by atoms with Crippen LogP contribution in [0.4, 0.5) is 0 Å². The van der Waals surface area contributed by atoms with Crippen molar-refractivity contribution >= 4 is 16.0 Å². The molecule has 9 heteroatoms. The molecular formula is C19H27N5O3S. The Morgan fingerprint density at radius 1 is 1.21 bits per heavy atom. The molecule has 0 fully saturated rings. The highest BCUT2D eigenvalue weighted by atomic mass is 32.2. The second kappa shape index (κ2) is 10.6. The van der Waals surface area contributed by atoms with Gasteiger partial charge in [0.2, 0.25) is 10.0 Å². The van der Waals surface area contributed by atoms with Crippen molar-refractivity contribution in [2.24, 2.45) is 4.99 Å². The number of aryl methyl sites for hydroxylation is 1. The minimum atomic E-state index is -3.56. The summed E-state index contributed by atoms with van der Waals surface area (Å²) in [5, 5.41) is 6.22. The maximum absolute atomic E-state index is 12.1. The van der Waals surface area contributed by atoms with E-state index in [1.807, 2.05) is 38.1 Å². The maximum Gasteiger partial charge on any atom is 0.242 e. The predicted molar refractivity (Wildman–Crippen MR) is 110 cm³/mol. The average Bonchev–Trinajstić information content (AvgIpc) is 2.68. The molecule has 0 spiro atoms. The number of nitrogens with zero attached hydrogens (tertiary/aromatic N) is 2. The monoisotopic (exact) mass is 405 g/mol. The summed E-state index contributed by atoms with van der Waals surface area (Å²) in [5.41, 5.74) is 1.14. The number of aromatic nitrogens is 1. The van der Waals surface area contributed by atoms with Crippen molar-refractivity contribution in [3.05, 3.63) is 54.4 Å². The first-order chi connectivity index (χ1) is 13.4. The van der Waals surface area contributed by atoms with Gasteiger partial charge in [0.15, 0.2) is 5.96 Å². The van der Waals surface area contributed by atoms with Crippen LogP contribution in [-0.2, 0) is 10.0 Å². The quantitative estimate of drug-likeness (QED) is 0.330. The van der Waals surface area contributed by atoms with Crippen LogP contribution in [0.1, 0.15) is 12.5 Å². The maximum atomic E-state index is 12.1. The lowest BCUT2D eigenvalue weighted by Crippen LogP contribution is -2.44. The van der Waals surface area contributed by atoms with Gasteiger partial charge in [0.05, 0.1) is 6.54 Å². The molecular weight excluding hydrogens is 378 g/mol. The fourth-order valence-corrected chi connectivity index (χ4v) is 3.37. The predicted octanol–water partition coefficient (Wildman–Crippen LogP) is 1.30. The molecule has 0 amide bonds. The van der Waals surface area contributed by atoms with Crippen LogP contribution >= 0.6 is 0 Å². The second-order valence-electron chi connectivity index (χ2n) is 6.21. The summed E-state index contributed by atoms with van der Waals surface area (Å²) in [7, 11) is -1.91. The number of pyridine rings is 1. The smallest absolute Gasteiger partial charge is 0.242 e. The lowest BCUT2D eigenvalue weighted by atomic mass is 10.2. The number of aliphatic imine (C=N–C) groups is 1. The van der Waals surface area contributed by atoms with Gasteiger partial charge >= 0.3 is 0 Å². The molecule has 2 aromatic rings. The number of benzene rings is 1. The molecule has 0 radical (unpaired) electrons. The topological polar surface area (TPSA) is 105 Å². The zero-order valence-electron chi connectivity index (χ0n) is 16.3. The van der Waals surface area contributed by atoms with Gasteiger partial charge in [0, 0.05) is 32.5 Å². The molecule has 0 bridgehead atoms. The standard InChI is InChI=1S/C19H27N5O3S/c1-15-6-4-7-17(12-15)27-16(2)13-23-19(20-3)22-10-11-24-28(25,26)18-8-5-9-21-14-18/h4-9,12,14,16,24H,10-11,13H2,1-3H3,(H2,20,22,23). The molecule has 0 aliphatic rings. The van der Waals surface area contributed by atoms with E-state index in [0.717, 1.165) is 11.3 Å². The third kappa shape index (κ3) is 7.16. The first kappa shape index (κ1) is 21.6. The summed E-state index contributed by atoms with van der Waals surface area (Å²) in [4.78, 5) is 8.08. The summed E-state index contributed by atoms with van der Waals surface area (Å²) in [6.07, 6.45) is 2.77. The van der Waals surface area contributed by atoms with Gasteiger partial charge in [-0.05, 0) is 43.7 Å². The summed E-state index contributed by atoms with van der Waals surface area (Å²) < 4.78 is 32.6. The third-order valence-electron chi connectivity index (χ3n) is 3.76. The second-order valence-corrected chi connectivity index (χ2v) is 7.98. The number of hydrogen-bond donors (Lipinski definition) is 3.